The maximum atomic E-state index is 5.71. The molecule has 0 unspecified atom stereocenters. The van der Waals surface area contributed by atoms with Crippen molar-refractivity contribution in [1.82, 2.24) is 9.78 Å². The smallest absolute Gasteiger partial charge is 0.0659 e. The first kappa shape index (κ1) is 12.5. The maximum absolute atomic E-state index is 5.71. The van der Waals surface area contributed by atoms with Crippen LogP contribution in [0.25, 0.3) is 11.1 Å². The van der Waals surface area contributed by atoms with Gasteiger partial charge < -0.3 is 5.73 Å². The molecule has 0 amide bonds. The van der Waals surface area contributed by atoms with Gasteiger partial charge in [0.2, 0.25) is 0 Å². The topological polar surface area (TPSA) is 43.8 Å². The molecule has 2 N–H and O–H groups in total. The average molecular weight is 263 g/mol. The lowest BCUT2D eigenvalue weighted by molar-refractivity contribution is 0.686. The second-order valence-electron chi connectivity index (χ2n) is 5.04. The van der Waals surface area contributed by atoms with Gasteiger partial charge in [-0.15, -0.1) is 0 Å². The highest BCUT2D eigenvalue weighted by atomic mass is 15.3. The number of nitrogens with two attached hydrogens (primary N) is 1. The molecule has 20 heavy (non-hydrogen) atoms. The Balaban J connectivity index is 1.82. The van der Waals surface area contributed by atoms with E-state index in [1.807, 2.05) is 35.1 Å². The van der Waals surface area contributed by atoms with E-state index >= 15 is 0 Å². The molecule has 0 atom stereocenters. The summed E-state index contributed by atoms with van der Waals surface area (Å²) in [4.78, 5) is 0. The van der Waals surface area contributed by atoms with E-state index in [9.17, 15) is 0 Å². The van der Waals surface area contributed by atoms with Crippen LogP contribution in [0.4, 0.5) is 5.69 Å². The van der Waals surface area contributed by atoms with Gasteiger partial charge in [-0.2, -0.15) is 5.10 Å². The summed E-state index contributed by atoms with van der Waals surface area (Å²) in [6.45, 7) is 2.89. The predicted molar refractivity (Wildman–Crippen MR) is 82.4 cm³/mol. The minimum absolute atomic E-state index is 0.779. The van der Waals surface area contributed by atoms with E-state index in [0.717, 1.165) is 23.4 Å². The van der Waals surface area contributed by atoms with E-state index in [1.165, 1.54) is 11.1 Å². The number of aryl methyl sites for hydroxylation is 1. The predicted octanol–water partition coefficient (Wildman–Crippen LogP) is 3.49. The fraction of sp³-hybridized carbons (Fsp3) is 0.118. The van der Waals surface area contributed by atoms with E-state index in [0.29, 0.717) is 0 Å². The first-order valence-corrected chi connectivity index (χ1v) is 6.64. The van der Waals surface area contributed by atoms with Gasteiger partial charge in [-0.25, -0.2) is 0 Å². The fourth-order valence-corrected chi connectivity index (χ4v) is 2.27. The Kier molecular flexibility index (Phi) is 3.25. The third-order valence-corrected chi connectivity index (χ3v) is 3.30. The molecule has 0 aliphatic carbocycles. The number of hydrogen-bond donors (Lipinski definition) is 1. The average Bonchev–Trinajstić information content (AvgIpc) is 2.88. The molecule has 1 heterocycles. The molecule has 2 aromatic carbocycles. The quantitative estimate of drug-likeness (QED) is 0.735. The van der Waals surface area contributed by atoms with Crippen LogP contribution in [0.3, 0.4) is 0 Å². The van der Waals surface area contributed by atoms with Crippen LogP contribution in [0.5, 0.6) is 0 Å². The van der Waals surface area contributed by atoms with E-state index in [4.69, 9.17) is 5.73 Å². The Labute approximate surface area is 118 Å². The molecule has 100 valence electrons. The number of nitrogen functional groups attached to an aromatic ring is 1. The van der Waals surface area contributed by atoms with Crippen LogP contribution in [-0.2, 0) is 6.54 Å². The Bertz CT molecular complexity index is 711. The highest BCUT2D eigenvalue weighted by Gasteiger charge is 2.02. The third kappa shape index (κ3) is 2.72. The van der Waals surface area contributed by atoms with Crippen molar-refractivity contribution in [3.8, 4) is 11.1 Å². The Morgan fingerprint density at radius 1 is 1.05 bits per heavy atom. The van der Waals surface area contributed by atoms with Gasteiger partial charge in [-0.1, -0.05) is 42.0 Å². The van der Waals surface area contributed by atoms with Crippen molar-refractivity contribution in [2.24, 2.45) is 0 Å². The molecule has 0 saturated carbocycles. The summed E-state index contributed by atoms with van der Waals surface area (Å²) in [5, 5.41) is 4.43. The summed E-state index contributed by atoms with van der Waals surface area (Å²) in [5.74, 6) is 0. The van der Waals surface area contributed by atoms with E-state index in [2.05, 4.69) is 42.5 Å². The molecule has 0 spiro atoms. The summed E-state index contributed by atoms with van der Waals surface area (Å²) < 4.78 is 1.96. The van der Waals surface area contributed by atoms with Crippen LogP contribution in [0.2, 0.25) is 0 Å². The summed E-state index contributed by atoms with van der Waals surface area (Å²) in [5.41, 5.74) is 11.3. The molecular formula is C17H17N3. The van der Waals surface area contributed by atoms with Crippen LogP contribution in [-0.4, -0.2) is 9.78 Å². The highest BCUT2D eigenvalue weighted by Crippen LogP contribution is 2.20. The zero-order valence-electron chi connectivity index (χ0n) is 11.5. The van der Waals surface area contributed by atoms with E-state index in [1.54, 1.807) is 0 Å². The van der Waals surface area contributed by atoms with Crippen molar-refractivity contribution < 1.29 is 0 Å². The lowest BCUT2D eigenvalue weighted by Gasteiger charge is -2.03. The zero-order chi connectivity index (χ0) is 13.9. The van der Waals surface area contributed by atoms with Crippen molar-refractivity contribution in [1.29, 1.82) is 0 Å². The van der Waals surface area contributed by atoms with Gasteiger partial charge in [-0.05, 0) is 30.2 Å². The van der Waals surface area contributed by atoms with Crippen LogP contribution >= 0.6 is 0 Å². The van der Waals surface area contributed by atoms with Crippen molar-refractivity contribution in [2.45, 2.75) is 13.5 Å². The van der Waals surface area contributed by atoms with Crippen molar-refractivity contribution in [3.63, 3.8) is 0 Å². The van der Waals surface area contributed by atoms with Crippen LogP contribution in [0.15, 0.2) is 60.9 Å². The van der Waals surface area contributed by atoms with Gasteiger partial charge in [0.25, 0.3) is 0 Å². The number of benzene rings is 2. The number of rotatable bonds is 3. The van der Waals surface area contributed by atoms with Gasteiger partial charge in [0, 0.05) is 17.4 Å². The number of aromatic nitrogens is 2. The number of hydrogen-bond acceptors (Lipinski definition) is 2. The standard InChI is InChI=1S/C17H17N3/c1-13-3-2-4-14(9-13)11-20-12-16(10-19-20)15-5-7-17(18)8-6-15/h2-10,12H,11,18H2,1H3. The van der Waals surface area contributed by atoms with Crippen molar-refractivity contribution in [2.75, 3.05) is 5.73 Å². The maximum Gasteiger partial charge on any atom is 0.0659 e. The zero-order valence-corrected chi connectivity index (χ0v) is 11.5. The summed E-state index contributed by atoms with van der Waals surface area (Å²) >= 11 is 0. The van der Waals surface area contributed by atoms with Gasteiger partial charge in [0.15, 0.2) is 0 Å². The minimum Gasteiger partial charge on any atom is -0.399 e. The van der Waals surface area contributed by atoms with Crippen LogP contribution < -0.4 is 5.73 Å². The molecule has 0 aliphatic heterocycles. The van der Waals surface area contributed by atoms with Crippen molar-refractivity contribution >= 4 is 5.69 Å². The van der Waals surface area contributed by atoms with E-state index < -0.39 is 0 Å². The second kappa shape index (κ2) is 5.21. The second-order valence-corrected chi connectivity index (χ2v) is 5.04. The fourth-order valence-electron chi connectivity index (χ4n) is 2.27. The SMILES string of the molecule is Cc1cccc(Cn2cc(-c3ccc(N)cc3)cn2)c1. The normalized spacial score (nSPS) is 10.7. The number of nitrogens with zero attached hydrogens (tertiary/aromatic N) is 2. The highest BCUT2D eigenvalue weighted by molar-refractivity contribution is 5.63. The monoisotopic (exact) mass is 263 g/mol. The first-order valence-electron chi connectivity index (χ1n) is 6.64. The molecule has 0 radical (unpaired) electrons. The molecule has 3 nitrogen and oxygen atoms in total. The molecule has 3 heteroatoms. The Hall–Kier alpha value is -2.55. The summed E-state index contributed by atoms with van der Waals surface area (Å²) in [7, 11) is 0. The van der Waals surface area contributed by atoms with Crippen LogP contribution in [0, 0.1) is 6.92 Å². The van der Waals surface area contributed by atoms with Gasteiger partial charge in [0.1, 0.15) is 0 Å². The lowest BCUT2D eigenvalue weighted by Crippen LogP contribution is -1.99. The largest absolute Gasteiger partial charge is 0.399 e. The van der Waals surface area contributed by atoms with Gasteiger partial charge in [0.05, 0.1) is 12.7 Å². The number of anilines is 1. The third-order valence-electron chi connectivity index (χ3n) is 3.30. The van der Waals surface area contributed by atoms with Crippen LogP contribution in [0.1, 0.15) is 11.1 Å². The van der Waals surface area contributed by atoms with E-state index in [-0.39, 0.29) is 0 Å². The van der Waals surface area contributed by atoms with Gasteiger partial charge in [-0.3, -0.25) is 4.68 Å². The Morgan fingerprint density at radius 2 is 1.85 bits per heavy atom. The lowest BCUT2D eigenvalue weighted by atomic mass is 10.1. The van der Waals surface area contributed by atoms with Gasteiger partial charge >= 0.3 is 0 Å². The molecule has 0 saturated heterocycles. The van der Waals surface area contributed by atoms with Crippen molar-refractivity contribution in [3.05, 3.63) is 72.1 Å². The molecule has 0 bridgehead atoms. The summed E-state index contributed by atoms with van der Waals surface area (Å²) in [6.07, 6.45) is 3.95. The molecule has 0 aliphatic rings. The first-order chi connectivity index (χ1) is 9.70. The molecule has 3 rings (SSSR count). The minimum atomic E-state index is 0.779. The molecular weight excluding hydrogens is 246 g/mol. The Morgan fingerprint density at radius 3 is 2.60 bits per heavy atom. The molecule has 1 aromatic heterocycles. The molecule has 3 aromatic rings. The summed E-state index contributed by atoms with van der Waals surface area (Å²) in [6, 6.07) is 16.3. The molecule has 0 fully saturated rings.